The van der Waals surface area contributed by atoms with Crippen molar-refractivity contribution in [1.29, 1.82) is 0 Å². The molecule has 0 fully saturated rings. The normalized spacial score (nSPS) is 6.00. The first-order valence-corrected chi connectivity index (χ1v) is 3.05. The zero-order chi connectivity index (χ0) is 5.54. The molecule has 0 aliphatic heterocycles. The molecule has 0 aromatic rings. The van der Waals surface area contributed by atoms with E-state index in [-0.39, 0.29) is 58.9 Å². The van der Waals surface area contributed by atoms with Crippen molar-refractivity contribution in [2.24, 2.45) is 0 Å². The summed E-state index contributed by atoms with van der Waals surface area (Å²) in [6.45, 7) is 6.40. The Hall–Kier alpha value is 1.54. The van der Waals surface area contributed by atoms with Gasteiger partial charge in [0.2, 0.25) is 0 Å². The second kappa shape index (κ2) is 30.0. The van der Waals surface area contributed by atoms with E-state index < -0.39 is 0 Å². The molecule has 0 unspecified atom stereocenters. The fourth-order valence-electron chi connectivity index (χ4n) is 0.428. The van der Waals surface area contributed by atoms with Crippen molar-refractivity contribution >= 4 is 37.2 Å². The summed E-state index contributed by atoms with van der Waals surface area (Å²) in [6.07, 6.45) is 2.39. The van der Waals surface area contributed by atoms with Gasteiger partial charge in [0.15, 0.2) is 0 Å². The molecule has 0 spiro atoms. The van der Waals surface area contributed by atoms with Crippen molar-refractivity contribution in [1.82, 2.24) is 0 Å². The van der Waals surface area contributed by atoms with Gasteiger partial charge in [-0.15, -0.1) is 50.3 Å². The summed E-state index contributed by atoms with van der Waals surface area (Å²) in [5.41, 5.74) is 0. The molecule has 0 aromatic carbocycles. The molecule has 0 aromatic heterocycles. The molecule has 0 radical (unpaired) electrons. The SMILES string of the molecule is CCC[N-]CCC.Cl.Cl.Cl.[Ti]. The summed E-state index contributed by atoms with van der Waals surface area (Å²) < 4.78 is 0. The van der Waals surface area contributed by atoms with Crippen LogP contribution in [0.1, 0.15) is 26.7 Å². The predicted octanol–water partition coefficient (Wildman–Crippen LogP) is 3.44. The summed E-state index contributed by atoms with van der Waals surface area (Å²) in [6, 6.07) is 0. The summed E-state index contributed by atoms with van der Waals surface area (Å²) in [4.78, 5) is 0. The molecule has 1 nitrogen and oxygen atoms in total. The minimum Gasteiger partial charge on any atom is -0.662 e. The summed E-state index contributed by atoms with van der Waals surface area (Å²) in [5.74, 6) is 0. The molecule has 11 heavy (non-hydrogen) atoms. The molecule has 0 saturated carbocycles. The van der Waals surface area contributed by atoms with Crippen LogP contribution >= 0.6 is 37.2 Å². The van der Waals surface area contributed by atoms with Crippen LogP contribution in [0.15, 0.2) is 0 Å². The molecule has 0 aliphatic rings. The van der Waals surface area contributed by atoms with Gasteiger partial charge in [0.1, 0.15) is 0 Å². The Bertz CT molecular complexity index is 37.0. The van der Waals surface area contributed by atoms with Crippen LogP contribution in [0.5, 0.6) is 0 Å². The Balaban J connectivity index is -0.0000000300. The molecule has 0 bridgehead atoms. The Morgan fingerprint density at radius 3 is 1.27 bits per heavy atom. The summed E-state index contributed by atoms with van der Waals surface area (Å²) >= 11 is 0. The smallest absolute Gasteiger partial charge is 0 e. The average molecular weight is 257 g/mol. The van der Waals surface area contributed by atoms with Crippen LogP contribution in [0, 0.1) is 0 Å². The molecule has 0 N–H and O–H groups in total. The molecule has 5 heteroatoms. The fourth-order valence-corrected chi connectivity index (χ4v) is 0.428. The van der Waals surface area contributed by atoms with Crippen molar-refractivity contribution in [3.8, 4) is 0 Å². The maximum atomic E-state index is 4.21. The summed E-state index contributed by atoms with van der Waals surface area (Å²) in [5, 5.41) is 4.21. The van der Waals surface area contributed by atoms with E-state index in [4.69, 9.17) is 0 Å². The molecule has 0 aliphatic carbocycles. The first-order chi connectivity index (χ1) is 3.41. The van der Waals surface area contributed by atoms with Gasteiger partial charge < -0.3 is 5.32 Å². The third-order valence-corrected chi connectivity index (χ3v) is 0.763. The number of hydrogen-bond donors (Lipinski definition) is 0. The van der Waals surface area contributed by atoms with Crippen molar-refractivity contribution in [3.05, 3.63) is 5.32 Å². The van der Waals surface area contributed by atoms with Gasteiger partial charge in [-0.1, -0.05) is 26.7 Å². The van der Waals surface area contributed by atoms with Gasteiger partial charge in [0, 0.05) is 21.7 Å². The van der Waals surface area contributed by atoms with Crippen LogP contribution in [0.3, 0.4) is 0 Å². The Morgan fingerprint density at radius 1 is 0.818 bits per heavy atom. The van der Waals surface area contributed by atoms with Crippen molar-refractivity contribution in [3.63, 3.8) is 0 Å². The number of rotatable bonds is 4. The van der Waals surface area contributed by atoms with E-state index in [0.717, 1.165) is 13.1 Å². The fraction of sp³-hybridized carbons (Fsp3) is 1.00. The molecule has 0 atom stereocenters. The predicted molar refractivity (Wildman–Crippen MR) is 55.4 cm³/mol. The van der Waals surface area contributed by atoms with Crippen LogP contribution in [0.2, 0.25) is 0 Å². The number of nitrogens with zero attached hydrogens (tertiary/aromatic N) is 1. The molecule has 72 valence electrons. The van der Waals surface area contributed by atoms with E-state index in [9.17, 15) is 0 Å². The minimum absolute atomic E-state index is 0. The number of halogens is 3. The van der Waals surface area contributed by atoms with Gasteiger partial charge >= 0.3 is 0 Å². The van der Waals surface area contributed by atoms with Crippen LogP contribution in [0.25, 0.3) is 5.32 Å². The summed E-state index contributed by atoms with van der Waals surface area (Å²) in [7, 11) is 0. The maximum Gasteiger partial charge on any atom is 0 e. The van der Waals surface area contributed by atoms with Gasteiger partial charge in [0.05, 0.1) is 0 Å². The van der Waals surface area contributed by atoms with Crippen molar-refractivity contribution in [2.75, 3.05) is 13.1 Å². The van der Waals surface area contributed by atoms with Gasteiger partial charge in [-0.3, -0.25) is 0 Å². The third kappa shape index (κ3) is 34.2. The quantitative estimate of drug-likeness (QED) is 0.541. The van der Waals surface area contributed by atoms with E-state index in [2.05, 4.69) is 19.2 Å². The van der Waals surface area contributed by atoms with Crippen molar-refractivity contribution < 1.29 is 21.7 Å². The Labute approximate surface area is 104 Å². The van der Waals surface area contributed by atoms with E-state index in [1.54, 1.807) is 0 Å². The average Bonchev–Trinajstić information content (AvgIpc) is 1.69. The number of hydrogen-bond acceptors (Lipinski definition) is 0. The van der Waals surface area contributed by atoms with Crippen LogP contribution < -0.4 is 0 Å². The molecular weight excluding hydrogens is 240 g/mol. The van der Waals surface area contributed by atoms with Gasteiger partial charge in [-0.2, -0.15) is 0 Å². The third-order valence-electron chi connectivity index (χ3n) is 0.763. The standard InChI is InChI=1S/C6H14N.3ClH.Ti/c1-3-5-7-6-4-2;;;;/h3-6H2,1-2H3;3*1H;/q-1;;;;. The Kier molecular flexibility index (Phi) is 80.0. The van der Waals surface area contributed by atoms with Crippen molar-refractivity contribution in [2.45, 2.75) is 26.7 Å². The first kappa shape index (κ1) is 29.4. The largest absolute Gasteiger partial charge is 0.662 e. The van der Waals surface area contributed by atoms with E-state index >= 15 is 0 Å². The monoisotopic (exact) mass is 256 g/mol. The van der Waals surface area contributed by atoms with Gasteiger partial charge in [-0.25, -0.2) is 0 Å². The van der Waals surface area contributed by atoms with Crippen LogP contribution in [-0.2, 0) is 21.7 Å². The Morgan fingerprint density at radius 2 is 1.09 bits per heavy atom. The topological polar surface area (TPSA) is 14.1 Å². The maximum absolute atomic E-state index is 4.21. The van der Waals surface area contributed by atoms with Crippen LogP contribution in [-0.4, -0.2) is 13.1 Å². The van der Waals surface area contributed by atoms with Gasteiger partial charge in [-0.05, 0) is 0 Å². The van der Waals surface area contributed by atoms with Crippen LogP contribution in [0.4, 0.5) is 0 Å². The first-order valence-electron chi connectivity index (χ1n) is 3.05. The zero-order valence-corrected chi connectivity index (χ0v) is 11.0. The van der Waals surface area contributed by atoms with Gasteiger partial charge in [0.25, 0.3) is 0 Å². The second-order valence-electron chi connectivity index (χ2n) is 1.67. The minimum atomic E-state index is 0. The van der Waals surface area contributed by atoms with E-state index in [1.165, 1.54) is 12.8 Å². The van der Waals surface area contributed by atoms with E-state index in [1.807, 2.05) is 0 Å². The molecule has 0 heterocycles. The molecule has 0 amide bonds. The zero-order valence-electron chi connectivity index (χ0n) is 7.00. The van der Waals surface area contributed by atoms with E-state index in [0.29, 0.717) is 0 Å². The molecular formula is C6H17Cl3NTi-. The molecule has 0 saturated heterocycles. The second-order valence-corrected chi connectivity index (χ2v) is 1.67. The molecule has 0 rings (SSSR count).